The number of esters is 1. The fourth-order valence-corrected chi connectivity index (χ4v) is 5.66. The summed E-state index contributed by atoms with van der Waals surface area (Å²) in [6.07, 6.45) is 4.27. The van der Waals surface area contributed by atoms with Crippen molar-refractivity contribution in [3.63, 3.8) is 0 Å². The summed E-state index contributed by atoms with van der Waals surface area (Å²) in [5.41, 5.74) is 4.29. The number of benzene rings is 3. The largest absolute Gasteiger partial charge is 0.466 e. The van der Waals surface area contributed by atoms with Crippen molar-refractivity contribution in [3.8, 4) is 0 Å². The van der Waals surface area contributed by atoms with Crippen LogP contribution in [-0.4, -0.2) is 55.0 Å². The lowest BCUT2D eigenvalue weighted by Gasteiger charge is -2.23. The van der Waals surface area contributed by atoms with E-state index >= 15 is 0 Å². The number of hydrogen-bond acceptors (Lipinski definition) is 5. The summed E-state index contributed by atoms with van der Waals surface area (Å²) in [7, 11) is 0. The number of nitrogens with zero attached hydrogens (tertiary/aromatic N) is 1. The van der Waals surface area contributed by atoms with E-state index < -0.39 is 17.7 Å². The van der Waals surface area contributed by atoms with Crippen LogP contribution in [0.15, 0.2) is 60.7 Å². The number of carbonyl (C=O) groups excluding carboxylic acids is 3. The number of nitrogens with one attached hydrogen (secondary N) is 2. The zero-order valence-electron chi connectivity index (χ0n) is 28.2. The van der Waals surface area contributed by atoms with Crippen molar-refractivity contribution in [1.29, 1.82) is 0 Å². The van der Waals surface area contributed by atoms with Crippen LogP contribution < -0.4 is 10.6 Å². The van der Waals surface area contributed by atoms with E-state index in [1.807, 2.05) is 43.9 Å². The first-order valence-corrected chi connectivity index (χ1v) is 16.7. The van der Waals surface area contributed by atoms with Gasteiger partial charge in [0.05, 0.1) is 6.61 Å². The third kappa shape index (κ3) is 12.9. The summed E-state index contributed by atoms with van der Waals surface area (Å²) >= 11 is 0. The van der Waals surface area contributed by atoms with Gasteiger partial charge in [-0.2, -0.15) is 0 Å². The first kappa shape index (κ1) is 37.3. The van der Waals surface area contributed by atoms with Crippen molar-refractivity contribution in [1.82, 2.24) is 15.5 Å². The molecule has 0 bridgehead atoms. The van der Waals surface area contributed by atoms with E-state index in [9.17, 15) is 23.2 Å². The van der Waals surface area contributed by atoms with E-state index in [2.05, 4.69) is 16.7 Å². The van der Waals surface area contributed by atoms with E-state index in [1.165, 1.54) is 12.1 Å². The molecule has 0 heterocycles. The predicted molar refractivity (Wildman–Crippen MR) is 181 cm³/mol. The number of aryl methyl sites for hydroxylation is 2. The Hall–Kier alpha value is -4.11. The molecule has 1 atom stereocenters. The minimum Gasteiger partial charge on any atom is -0.466 e. The number of rotatable bonds is 19. The van der Waals surface area contributed by atoms with Crippen LogP contribution in [0.25, 0.3) is 0 Å². The highest BCUT2D eigenvalue weighted by molar-refractivity contribution is 6.00. The number of halogens is 2. The maximum atomic E-state index is 14.0. The molecule has 2 N–H and O–H groups in total. The van der Waals surface area contributed by atoms with Crippen LogP contribution in [0.4, 0.5) is 8.78 Å². The van der Waals surface area contributed by atoms with Crippen LogP contribution in [-0.2, 0) is 28.9 Å². The molecule has 9 heteroatoms. The summed E-state index contributed by atoms with van der Waals surface area (Å²) in [6, 6.07) is 16.3. The van der Waals surface area contributed by atoms with Crippen LogP contribution >= 0.6 is 0 Å². The fraction of sp³-hybridized carbons (Fsp3) is 0.447. The van der Waals surface area contributed by atoms with Gasteiger partial charge in [0.2, 0.25) is 0 Å². The van der Waals surface area contributed by atoms with Crippen LogP contribution in [0.5, 0.6) is 0 Å². The van der Waals surface area contributed by atoms with Crippen molar-refractivity contribution < 1.29 is 27.9 Å². The van der Waals surface area contributed by atoms with Gasteiger partial charge in [-0.15, -0.1) is 0 Å². The van der Waals surface area contributed by atoms with Gasteiger partial charge >= 0.3 is 5.97 Å². The zero-order valence-corrected chi connectivity index (χ0v) is 28.2. The number of carbonyl (C=O) groups is 3. The molecule has 0 saturated carbocycles. The Bertz CT molecular complexity index is 1450. The molecule has 254 valence electrons. The molecule has 0 fully saturated rings. The Morgan fingerprint density at radius 2 is 1.53 bits per heavy atom. The van der Waals surface area contributed by atoms with Gasteiger partial charge in [0.15, 0.2) is 0 Å². The molecule has 0 aliphatic carbocycles. The van der Waals surface area contributed by atoms with Gasteiger partial charge in [-0.25, -0.2) is 8.78 Å². The zero-order chi connectivity index (χ0) is 34.2. The molecule has 0 saturated heterocycles. The number of hydrogen-bond donors (Lipinski definition) is 2. The minimum atomic E-state index is -0.670. The maximum absolute atomic E-state index is 14.0. The van der Waals surface area contributed by atoms with Gasteiger partial charge in [0, 0.05) is 49.3 Å². The summed E-state index contributed by atoms with van der Waals surface area (Å²) < 4.78 is 33.1. The third-order valence-electron chi connectivity index (χ3n) is 7.74. The SMILES string of the molecule is CCCN(CCC)C(=O)c1cc(C)cc(C(=O)N[C@H](CCNCc2cccc(CCCC(=O)OCC)c2)Cc2cc(F)cc(F)c2)c1. The summed E-state index contributed by atoms with van der Waals surface area (Å²) in [6.45, 7) is 10.5. The van der Waals surface area contributed by atoms with Gasteiger partial charge in [-0.05, 0) is 112 Å². The molecule has 7 nitrogen and oxygen atoms in total. The predicted octanol–water partition coefficient (Wildman–Crippen LogP) is 6.94. The monoisotopic (exact) mass is 649 g/mol. The van der Waals surface area contributed by atoms with E-state index in [1.54, 1.807) is 25.1 Å². The first-order valence-electron chi connectivity index (χ1n) is 16.7. The second-order valence-corrected chi connectivity index (χ2v) is 12.0. The lowest BCUT2D eigenvalue weighted by molar-refractivity contribution is -0.143. The molecule has 47 heavy (non-hydrogen) atoms. The van der Waals surface area contributed by atoms with Gasteiger partial charge in [0.25, 0.3) is 11.8 Å². The Morgan fingerprint density at radius 3 is 2.21 bits per heavy atom. The maximum Gasteiger partial charge on any atom is 0.305 e. The lowest BCUT2D eigenvalue weighted by Crippen LogP contribution is -2.39. The van der Waals surface area contributed by atoms with E-state index in [0.717, 1.165) is 42.0 Å². The Morgan fingerprint density at radius 1 is 0.851 bits per heavy atom. The summed E-state index contributed by atoms with van der Waals surface area (Å²) in [5.74, 6) is -1.98. The molecule has 0 aromatic heterocycles. The summed E-state index contributed by atoms with van der Waals surface area (Å²) in [5, 5.41) is 6.47. The molecule has 3 aromatic carbocycles. The molecule has 0 spiro atoms. The molecule has 0 radical (unpaired) electrons. The third-order valence-corrected chi connectivity index (χ3v) is 7.74. The molecule has 3 aromatic rings. The average Bonchev–Trinajstić information content (AvgIpc) is 3.02. The molecular formula is C38H49F2N3O4. The van der Waals surface area contributed by atoms with Crippen LogP contribution in [0.1, 0.15) is 95.8 Å². The van der Waals surface area contributed by atoms with Crippen LogP contribution in [0.3, 0.4) is 0 Å². The van der Waals surface area contributed by atoms with Crippen molar-refractivity contribution in [2.24, 2.45) is 0 Å². The standard InChI is InChI=1S/C38H49F2N3O4/c1-5-16-43(17-6-2)38(46)32-19-27(4)18-31(24-32)37(45)42-35(23-30-21-33(39)25-34(40)22-30)14-15-41-26-29-12-8-10-28(20-29)11-9-13-36(44)47-7-3/h8,10,12,18-22,24-25,35,41H,5-7,9,11,13-17,23,26H2,1-4H3,(H,42,45)/t35-/m1/s1. The molecule has 3 rings (SSSR count). The second kappa shape index (κ2) is 19.5. The molecular weight excluding hydrogens is 600 g/mol. The van der Waals surface area contributed by atoms with Gasteiger partial charge in [0.1, 0.15) is 11.6 Å². The molecule has 2 amide bonds. The first-order chi connectivity index (χ1) is 22.6. The van der Waals surface area contributed by atoms with Gasteiger partial charge < -0.3 is 20.3 Å². The summed E-state index contributed by atoms with van der Waals surface area (Å²) in [4.78, 5) is 40.3. The Labute approximate surface area is 278 Å². The molecule has 0 aliphatic heterocycles. The van der Waals surface area contributed by atoms with Gasteiger partial charge in [-0.1, -0.05) is 38.1 Å². The molecule has 0 unspecified atom stereocenters. The van der Waals surface area contributed by atoms with E-state index in [0.29, 0.717) is 68.7 Å². The smallest absolute Gasteiger partial charge is 0.305 e. The number of amides is 2. The fourth-order valence-electron chi connectivity index (χ4n) is 5.66. The average molecular weight is 650 g/mol. The quantitative estimate of drug-likeness (QED) is 0.109. The Kier molecular flexibility index (Phi) is 15.5. The van der Waals surface area contributed by atoms with E-state index in [-0.39, 0.29) is 24.2 Å². The van der Waals surface area contributed by atoms with Crippen molar-refractivity contribution in [2.45, 2.75) is 85.2 Å². The highest BCUT2D eigenvalue weighted by atomic mass is 19.1. The number of ether oxygens (including phenoxy) is 1. The molecule has 0 aliphatic rings. The van der Waals surface area contributed by atoms with Crippen molar-refractivity contribution in [3.05, 3.63) is 106 Å². The highest BCUT2D eigenvalue weighted by Gasteiger charge is 2.20. The second-order valence-electron chi connectivity index (χ2n) is 12.0. The van der Waals surface area contributed by atoms with Gasteiger partial charge in [-0.3, -0.25) is 14.4 Å². The van der Waals surface area contributed by atoms with Crippen LogP contribution in [0, 0.1) is 18.6 Å². The lowest BCUT2D eigenvalue weighted by atomic mass is 10.0. The van der Waals surface area contributed by atoms with E-state index in [4.69, 9.17) is 4.74 Å². The van der Waals surface area contributed by atoms with Crippen LogP contribution in [0.2, 0.25) is 0 Å². The van der Waals surface area contributed by atoms with Crippen molar-refractivity contribution >= 4 is 17.8 Å². The van der Waals surface area contributed by atoms with Crippen molar-refractivity contribution in [2.75, 3.05) is 26.2 Å². The highest BCUT2D eigenvalue weighted by Crippen LogP contribution is 2.16. The minimum absolute atomic E-state index is 0.106. The Balaban J connectivity index is 1.68. The topological polar surface area (TPSA) is 87.7 Å². The normalized spacial score (nSPS) is 11.6.